The number of hydrogen-bond donors (Lipinski definition) is 2. The van der Waals surface area contributed by atoms with Gasteiger partial charge in [-0.15, -0.1) is 5.10 Å². The molecule has 1 rings (SSSR count). The molecule has 7 heteroatoms. The lowest BCUT2D eigenvalue weighted by Gasteiger charge is -2.14. The molecule has 1 heterocycles. The van der Waals surface area contributed by atoms with Gasteiger partial charge in [-0.2, -0.15) is 4.98 Å². The Hall–Kier alpha value is -1.63. The summed E-state index contributed by atoms with van der Waals surface area (Å²) < 4.78 is 5.13. The molecule has 0 atom stereocenters. The summed E-state index contributed by atoms with van der Waals surface area (Å²) in [5.41, 5.74) is 5.29. The van der Waals surface area contributed by atoms with Crippen molar-refractivity contribution in [2.24, 2.45) is 0 Å². The third-order valence-electron chi connectivity index (χ3n) is 1.83. The highest BCUT2D eigenvalue weighted by Crippen LogP contribution is 1.98. The van der Waals surface area contributed by atoms with Crippen molar-refractivity contribution in [1.29, 1.82) is 0 Å². The number of ether oxygens (including phenoxy) is 1. The standard InChI is InChI=1S/C8H15N5O2/c1-3-15-5-4-13(2)7(14)6-10-8(9)12-11-6/h3-5H2,1-2H3,(H3,9,10,11,12). The van der Waals surface area contributed by atoms with Crippen LogP contribution in [0.4, 0.5) is 5.95 Å². The van der Waals surface area contributed by atoms with Crippen molar-refractivity contribution < 1.29 is 9.53 Å². The first-order valence-corrected chi connectivity index (χ1v) is 4.66. The fourth-order valence-corrected chi connectivity index (χ4v) is 0.999. The molecule has 0 saturated heterocycles. The third kappa shape index (κ3) is 3.21. The van der Waals surface area contributed by atoms with Crippen molar-refractivity contribution in [3.05, 3.63) is 5.82 Å². The molecule has 0 aromatic carbocycles. The third-order valence-corrected chi connectivity index (χ3v) is 1.83. The Bertz CT molecular complexity index is 325. The minimum Gasteiger partial charge on any atom is -0.380 e. The number of carbonyl (C=O) groups excluding carboxylic acids is 1. The number of H-pyrrole nitrogens is 1. The van der Waals surface area contributed by atoms with E-state index >= 15 is 0 Å². The molecule has 0 saturated carbocycles. The number of amides is 1. The second-order valence-electron chi connectivity index (χ2n) is 2.97. The number of nitrogens with two attached hydrogens (primary N) is 1. The zero-order chi connectivity index (χ0) is 11.3. The van der Waals surface area contributed by atoms with Gasteiger partial charge < -0.3 is 15.4 Å². The van der Waals surface area contributed by atoms with Crippen LogP contribution in [0.5, 0.6) is 0 Å². The maximum atomic E-state index is 11.6. The van der Waals surface area contributed by atoms with Gasteiger partial charge in [0.25, 0.3) is 5.91 Å². The lowest BCUT2D eigenvalue weighted by atomic mass is 10.5. The van der Waals surface area contributed by atoms with Crippen LogP contribution in [-0.4, -0.2) is 52.8 Å². The summed E-state index contributed by atoms with van der Waals surface area (Å²) in [6.07, 6.45) is 0. The quantitative estimate of drug-likeness (QED) is 0.642. The number of nitrogens with one attached hydrogen (secondary N) is 1. The van der Waals surface area contributed by atoms with Gasteiger partial charge in [-0.25, -0.2) is 0 Å². The van der Waals surface area contributed by atoms with Gasteiger partial charge in [-0.05, 0) is 6.92 Å². The Kier molecular flexibility index (Phi) is 4.04. The molecule has 7 nitrogen and oxygen atoms in total. The molecule has 0 bridgehead atoms. The van der Waals surface area contributed by atoms with E-state index < -0.39 is 0 Å². The second kappa shape index (κ2) is 5.30. The van der Waals surface area contributed by atoms with Crippen molar-refractivity contribution in [2.75, 3.05) is 32.5 Å². The topological polar surface area (TPSA) is 97.1 Å². The SMILES string of the molecule is CCOCCN(C)C(=O)c1nc(N)n[nH]1. The normalized spacial score (nSPS) is 10.3. The molecular formula is C8H15N5O2. The van der Waals surface area contributed by atoms with Gasteiger partial charge in [0.2, 0.25) is 11.8 Å². The van der Waals surface area contributed by atoms with Crippen LogP contribution in [0.15, 0.2) is 0 Å². The van der Waals surface area contributed by atoms with Crippen LogP contribution in [0.1, 0.15) is 17.5 Å². The minimum absolute atomic E-state index is 0.0663. The van der Waals surface area contributed by atoms with Gasteiger partial charge >= 0.3 is 0 Å². The molecule has 0 radical (unpaired) electrons. The highest BCUT2D eigenvalue weighted by molar-refractivity contribution is 5.90. The molecular weight excluding hydrogens is 198 g/mol. The van der Waals surface area contributed by atoms with Crippen LogP contribution >= 0.6 is 0 Å². The Morgan fingerprint density at radius 1 is 1.67 bits per heavy atom. The van der Waals surface area contributed by atoms with Crippen LogP contribution in [0.2, 0.25) is 0 Å². The first-order chi connectivity index (χ1) is 7.15. The highest BCUT2D eigenvalue weighted by atomic mass is 16.5. The maximum Gasteiger partial charge on any atom is 0.291 e. The van der Waals surface area contributed by atoms with Gasteiger partial charge in [-0.3, -0.25) is 9.89 Å². The van der Waals surface area contributed by atoms with Crippen molar-refractivity contribution in [2.45, 2.75) is 6.92 Å². The van der Waals surface area contributed by atoms with E-state index in [0.29, 0.717) is 19.8 Å². The summed E-state index contributed by atoms with van der Waals surface area (Å²) in [6.45, 7) is 3.55. The molecule has 0 aliphatic rings. The van der Waals surface area contributed by atoms with Gasteiger partial charge in [0, 0.05) is 20.2 Å². The van der Waals surface area contributed by atoms with Gasteiger partial charge in [0.15, 0.2) is 0 Å². The largest absolute Gasteiger partial charge is 0.380 e. The number of nitrogens with zero attached hydrogens (tertiary/aromatic N) is 3. The Morgan fingerprint density at radius 2 is 2.40 bits per heavy atom. The van der Waals surface area contributed by atoms with E-state index in [-0.39, 0.29) is 17.7 Å². The average molecular weight is 213 g/mol. The van der Waals surface area contributed by atoms with Crippen molar-refractivity contribution >= 4 is 11.9 Å². The first-order valence-electron chi connectivity index (χ1n) is 4.66. The number of hydrogen-bond acceptors (Lipinski definition) is 5. The number of aromatic amines is 1. The number of likely N-dealkylation sites (N-methyl/N-ethyl adjacent to an activating group) is 1. The van der Waals surface area contributed by atoms with Crippen LogP contribution in [0, 0.1) is 0 Å². The van der Waals surface area contributed by atoms with E-state index in [0.717, 1.165) is 0 Å². The van der Waals surface area contributed by atoms with Gasteiger partial charge in [-0.1, -0.05) is 0 Å². The number of rotatable bonds is 5. The molecule has 0 fully saturated rings. The summed E-state index contributed by atoms with van der Waals surface area (Å²) >= 11 is 0. The van der Waals surface area contributed by atoms with E-state index in [1.54, 1.807) is 7.05 Å². The minimum atomic E-state index is -0.251. The molecule has 3 N–H and O–H groups in total. The zero-order valence-electron chi connectivity index (χ0n) is 8.86. The van der Waals surface area contributed by atoms with Crippen LogP contribution < -0.4 is 5.73 Å². The maximum absolute atomic E-state index is 11.6. The summed E-state index contributed by atoms with van der Waals surface area (Å²) in [5.74, 6) is -0.0399. The first kappa shape index (κ1) is 11.4. The smallest absolute Gasteiger partial charge is 0.291 e. The fourth-order valence-electron chi connectivity index (χ4n) is 0.999. The van der Waals surface area contributed by atoms with Crippen LogP contribution in [-0.2, 0) is 4.74 Å². The number of anilines is 1. The summed E-state index contributed by atoms with van der Waals surface area (Å²) in [6, 6.07) is 0. The Morgan fingerprint density at radius 3 is 2.93 bits per heavy atom. The van der Waals surface area contributed by atoms with E-state index in [2.05, 4.69) is 15.2 Å². The molecule has 1 aromatic rings. The lowest BCUT2D eigenvalue weighted by Crippen LogP contribution is -2.31. The molecule has 0 spiro atoms. The van der Waals surface area contributed by atoms with Gasteiger partial charge in [0.05, 0.1) is 6.61 Å². The number of nitrogen functional groups attached to an aromatic ring is 1. The fraction of sp³-hybridized carbons (Fsp3) is 0.625. The van der Waals surface area contributed by atoms with Gasteiger partial charge in [0.1, 0.15) is 0 Å². The number of aromatic nitrogens is 3. The van der Waals surface area contributed by atoms with E-state index in [4.69, 9.17) is 10.5 Å². The lowest BCUT2D eigenvalue weighted by molar-refractivity contribution is 0.0699. The Labute approximate surface area is 87.6 Å². The predicted molar refractivity (Wildman–Crippen MR) is 54.2 cm³/mol. The molecule has 1 aromatic heterocycles. The van der Waals surface area contributed by atoms with Crippen LogP contribution in [0.25, 0.3) is 0 Å². The molecule has 0 aliphatic carbocycles. The monoisotopic (exact) mass is 213 g/mol. The molecule has 84 valence electrons. The predicted octanol–water partition coefficient (Wildman–Crippen LogP) is -0.505. The summed E-state index contributed by atoms with van der Waals surface area (Å²) in [5, 5.41) is 6.04. The zero-order valence-corrected chi connectivity index (χ0v) is 8.86. The Balaban J connectivity index is 2.46. The molecule has 0 aliphatic heterocycles. The average Bonchev–Trinajstić information content (AvgIpc) is 2.64. The second-order valence-corrected chi connectivity index (χ2v) is 2.97. The van der Waals surface area contributed by atoms with E-state index in [1.807, 2.05) is 6.92 Å². The summed E-state index contributed by atoms with van der Waals surface area (Å²) in [7, 11) is 1.67. The highest BCUT2D eigenvalue weighted by Gasteiger charge is 2.15. The summed E-state index contributed by atoms with van der Waals surface area (Å²) in [4.78, 5) is 16.9. The number of carbonyl (C=O) groups is 1. The van der Waals surface area contributed by atoms with Crippen molar-refractivity contribution in [1.82, 2.24) is 20.1 Å². The van der Waals surface area contributed by atoms with Crippen LogP contribution in [0.3, 0.4) is 0 Å². The molecule has 0 unspecified atom stereocenters. The van der Waals surface area contributed by atoms with Crippen molar-refractivity contribution in [3.8, 4) is 0 Å². The van der Waals surface area contributed by atoms with E-state index in [1.165, 1.54) is 4.90 Å². The van der Waals surface area contributed by atoms with E-state index in [9.17, 15) is 4.79 Å². The molecule has 1 amide bonds. The van der Waals surface area contributed by atoms with Crippen molar-refractivity contribution in [3.63, 3.8) is 0 Å². The molecule has 15 heavy (non-hydrogen) atoms.